The van der Waals surface area contributed by atoms with Gasteiger partial charge in [0.15, 0.2) is 0 Å². The van der Waals surface area contributed by atoms with Crippen LogP contribution in [0.1, 0.15) is 11.9 Å². The summed E-state index contributed by atoms with van der Waals surface area (Å²) in [5, 5.41) is 8.08. The maximum atomic E-state index is 12.5. The van der Waals surface area contributed by atoms with Crippen molar-refractivity contribution < 1.29 is 18.7 Å². The van der Waals surface area contributed by atoms with Gasteiger partial charge in [-0.05, 0) is 12.1 Å². The van der Waals surface area contributed by atoms with E-state index in [9.17, 15) is 4.79 Å². The summed E-state index contributed by atoms with van der Waals surface area (Å²) in [6.07, 6.45) is 1.61. The minimum atomic E-state index is -0.116. The maximum Gasteiger partial charge on any atom is 0.277 e. The van der Waals surface area contributed by atoms with Gasteiger partial charge in [-0.2, -0.15) is 0 Å². The quantitative estimate of drug-likeness (QED) is 0.594. The third-order valence-corrected chi connectivity index (χ3v) is 6.08. The van der Waals surface area contributed by atoms with E-state index >= 15 is 0 Å². The second-order valence-electron chi connectivity index (χ2n) is 7.21. The molecule has 3 aromatic rings. The van der Waals surface area contributed by atoms with Crippen molar-refractivity contribution in [1.29, 1.82) is 0 Å². The Morgan fingerprint density at radius 1 is 1.17 bits per heavy atom. The van der Waals surface area contributed by atoms with Crippen LogP contribution in [0.2, 0.25) is 0 Å². The number of fused-ring (bicyclic) bond motifs is 2. The van der Waals surface area contributed by atoms with E-state index in [0.29, 0.717) is 37.4 Å². The summed E-state index contributed by atoms with van der Waals surface area (Å²) in [5.74, 6) is 0.763. The predicted molar refractivity (Wildman–Crippen MR) is 105 cm³/mol. The molecule has 0 spiro atoms. The van der Waals surface area contributed by atoms with Crippen molar-refractivity contribution in [3.63, 3.8) is 0 Å². The van der Waals surface area contributed by atoms with Crippen molar-refractivity contribution in [2.45, 2.75) is 30.4 Å². The molecule has 5 rings (SSSR count). The summed E-state index contributed by atoms with van der Waals surface area (Å²) in [6.45, 7) is 3.84. The summed E-state index contributed by atoms with van der Waals surface area (Å²) in [6, 6.07) is 8.10. The number of carbonyl (C=O) groups is 1. The van der Waals surface area contributed by atoms with E-state index in [1.807, 2.05) is 24.5 Å². The number of amides is 1. The van der Waals surface area contributed by atoms with E-state index in [1.165, 1.54) is 11.8 Å². The van der Waals surface area contributed by atoms with Crippen molar-refractivity contribution in [3.8, 4) is 0 Å². The first-order valence-electron chi connectivity index (χ1n) is 9.53. The predicted octanol–water partition coefficient (Wildman–Crippen LogP) is 1.69. The molecule has 0 bridgehead atoms. The minimum absolute atomic E-state index is 0.0169. The average Bonchev–Trinajstić information content (AvgIpc) is 3.43. The number of para-hydroxylation sites is 2. The molecule has 4 heterocycles. The van der Waals surface area contributed by atoms with Gasteiger partial charge in [0.1, 0.15) is 12.2 Å². The zero-order valence-electron chi connectivity index (χ0n) is 15.9. The Labute approximate surface area is 171 Å². The first-order valence-corrected chi connectivity index (χ1v) is 10.5. The lowest BCUT2D eigenvalue weighted by molar-refractivity contribution is -0.128. The van der Waals surface area contributed by atoms with Crippen LogP contribution >= 0.6 is 11.8 Å². The van der Waals surface area contributed by atoms with Gasteiger partial charge in [0, 0.05) is 20.0 Å². The standard InChI is InChI=1S/C19H21N5O4S/c1-12-21-22-19(28-12)29-10-18(25)23-6-16-17(7-23)27-9-13(8-26-16)24-11-20-14-4-2-3-5-15(14)24/h2-5,11,13,16-17H,6-10H2,1H3/t16-,17-/m0/s1. The summed E-state index contributed by atoms with van der Waals surface area (Å²) in [5.41, 5.74) is 2.03. The molecule has 152 valence electrons. The molecule has 0 N–H and O–H groups in total. The van der Waals surface area contributed by atoms with Crippen LogP contribution in [0.4, 0.5) is 0 Å². The number of aryl methyl sites for hydroxylation is 1. The topological polar surface area (TPSA) is 95.5 Å². The number of carbonyl (C=O) groups excluding carboxylic acids is 1. The van der Waals surface area contributed by atoms with E-state index in [-0.39, 0.29) is 29.9 Å². The van der Waals surface area contributed by atoms with Gasteiger partial charge in [0.2, 0.25) is 11.8 Å². The number of likely N-dealkylation sites (tertiary alicyclic amines) is 1. The number of thioether (sulfide) groups is 1. The molecule has 0 saturated carbocycles. The molecule has 0 aliphatic carbocycles. The Hall–Kier alpha value is -2.43. The average molecular weight is 415 g/mol. The van der Waals surface area contributed by atoms with Crippen LogP contribution in [0.5, 0.6) is 0 Å². The molecule has 1 aromatic carbocycles. The Kier molecular flexibility index (Phi) is 4.98. The van der Waals surface area contributed by atoms with Gasteiger partial charge >= 0.3 is 0 Å². The Morgan fingerprint density at radius 3 is 2.66 bits per heavy atom. The van der Waals surface area contributed by atoms with E-state index in [0.717, 1.165) is 11.0 Å². The molecule has 9 nitrogen and oxygen atoms in total. The number of imidazole rings is 1. The molecular weight excluding hydrogens is 394 g/mol. The summed E-state index contributed by atoms with van der Waals surface area (Å²) >= 11 is 1.25. The Morgan fingerprint density at radius 2 is 1.93 bits per heavy atom. The third kappa shape index (κ3) is 3.75. The van der Waals surface area contributed by atoms with E-state index in [4.69, 9.17) is 13.9 Å². The smallest absolute Gasteiger partial charge is 0.277 e. The molecule has 29 heavy (non-hydrogen) atoms. The number of hydrogen-bond donors (Lipinski definition) is 0. The van der Waals surface area contributed by atoms with E-state index in [2.05, 4.69) is 25.8 Å². The molecular formula is C19H21N5O4S. The lowest BCUT2D eigenvalue weighted by Crippen LogP contribution is -2.32. The van der Waals surface area contributed by atoms with Crippen LogP contribution in [0.3, 0.4) is 0 Å². The largest absolute Gasteiger partial charge is 0.416 e. The monoisotopic (exact) mass is 415 g/mol. The number of hydrogen-bond acceptors (Lipinski definition) is 8. The van der Waals surface area contributed by atoms with Crippen molar-refractivity contribution in [2.24, 2.45) is 0 Å². The highest BCUT2D eigenvalue weighted by Gasteiger charge is 2.39. The first-order chi connectivity index (χ1) is 14.2. The second-order valence-corrected chi connectivity index (χ2v) is 8.14. The van der Waals surface area contributed by atoms with E-state index in [1.54, 1.807) is 11.8 Å². The zero-order chi connectivity index (χ0) is 19.8. The third-order valence-electron chi connectivity index (χ3n) is 5.27. The van der Waals surface area contributed by atoms with E-state index < -0.39 is 0 Å². The van der Waals surface area contributed by atoms with Gasteiger partial charge in [-0.25, -0.2) is 4.98 Å². The molecule has 10 heteroatoms. The fourth-order valence-electron chi connectivity index (χ4n) is 3.77. The molecule has 2 aromatic heterocycles. The normalized spacial score (nSPS) is 22.7. The molecule has 0 radical (unpaired) electrons. The van der Waals surface area contributed by atoms with Gasteiger partial charge in [0.05, 0.1) is 42.4 Å². The van der Waals surface area contributed by atoms with Gasteiger partial charge < -0.3 is 23.4 Å². The highest BCUT2D eigenvalue weighted by Crippen LogP contribution is 2.27. The zero-order valence-corrected chi connectivity index (χ0v) is 16.7. The fourth-order valence-corrected chi connectivity index (χ4v) is 4.47. The highest BCUT2D eigenvalue weighted by atomic mass is 32.2. The van der Waals surface area contributed by atoms with Crippen molar-refractivity contribution in [2.75, 3.05) is 32.1 Å². The number of nitrogens with zero attached hydrogens (tertiary/aromatic N) is 5. The molecule has 2 atom stereocenters. The lowest BCUT2D eigenvalue weighted by atomic mass is 10.2. The van der Waals surface area contributed by atoms with Gasteiger partial charge in [0.25, 0.3) is 5.22 Å². The van der Waals surface area contributed by atoms with Crippen molar-refractivity contribution >= 4 is 28.7 Å². The minimum Gasteiger partial charge on any atom is -0.416 e. The van der Waals surface area contributed by atoms with Crippen LogP contribution in [0.25, 0.3) is 11.0 Å². The second kappa shape index (κ2) is 7.77. The Balaban J connectivity index is 1.19. The van der Waals surface area contributed by atoms with Crippen LogP contribution in [0, 0.1) is 6.92 Å². The molecule has 2 aliphatic heterocycles. The van der Waals surface area contributed by atoms with Crippen LogP contribution < -0.4 is 0 Å². The van der Waals surface area contributed by atoms with Crippen molar-refractivity contribution in [1.82, 2.24) is 24.6 Å². The Bertz CT molecular complexity index is 1000. The SMILES string of the molecule is Cc1nnc(SCC(=O)N2C[C@@H]3OCC(n4cnc5ccccc54)CO[C@H]3C2)o1. The molecule has 2 aliphatic rings. The fraction of sp³-hybridized carbons (Fsp3) is 0.474. The molecule has 0 unspecified atom stereocenters. The van der Waals surface area contributed by atoms with Gasteiger partial charge in [-0.15, -0.1) is 10.2 Å². The van der Waals surface area contributed by atoms with Gasteiger partial charge in [-0.3, -0.25) is 4.79 Å². The summed E-state index contributed by atoms with van der Waals surface area (Å²) < 4.78 is 19.7. The first kappa shape index (κ1) is 18.6. The number of aromatic nitrogens is 4. The van der Waals surface area contributed by atoms with Crippen LogP contribution in [-0.2, 0) is 14.3 Å². The van der Waals surface area contributed by atoms with Gasteiger partial charge in [-0.1, -0.05) is 23.9 Å². The van der Waals surface area contributed by atoms with Crippen LogP contribution in [0.15, 0.2) is 40.2 Å². The maximum absolute atomic E-state index is 12.5. The highest BCUT2D eigenvalue weighted by molar-refractivity contribution is 7.99. The molecule has 2 saturated heterocycles. The summed E-state index contributed by atoms with van der Waals surface area (Å²) in [4.78, 5) is 18.8. The number of rotatable bonds is 4. The summed E-state index contributed by atoms with van der Waals surface area (Å²) in [7, 11) is 0. The lowest BCUT2D eigenvalue weighted by Gasteiger charge is -2.19. The number of benzene rings is 1. The van der Waals surface area contributed by atoms with Crippen molar-refractivity contribution in [3.05, 3.63) is 36.5 Å². The molecule has 1 amide bonds. The van der Waals surface area contributed by atoms with Crippen LogP contribution in [-0.4, -0.2) is 74.8 Å². The number of ether oxygens (including phenoxy) is 2. The molecule has 2 fully saturated rings.